The van der Waals surface area contributed by atoms with Crippen LogP contribution in [0.3, 0.4) is 0 Å². The lowest BCUT2D eigenvalue weighted by Gasteiger charge is -2.24. The molecule has 0 aliphatic rings. The molecule has 1 heteroatoms. The number of rotatable bonds is 1. The minimum atomic E-state index is 0.131. The quantitative estimate of drug-likeness (QED) is 0.725. The van der Waals surface area contributed by atoms with E-state index in [0.29, 0.717) is 0 Å². The molecular formula is C13H20O. The summed E-state index contributed by atoms with van der Waals surface area (Å²) < 4.78 is 0. The van der Waals surface area contributed by atoms with Gasteiger partial charge >= 0.3 is 0 Å². The van der Waals surface area contributed by atoms with Crippen LogP contribution < -0.4 is 0 Å². The van der Waals surface area contributed by atoms with Gasteiger partial charge in [0.05, 0.1) is 6.61 Å². The molecule has 0 bridgehead atoms. The zero-order chi connectivity index (χ0) is 10.9. The monoisotopic (exact) mass is 192 g/mol. The van der Waals surface area contributed by atoms with E-state index < -0.39 is 0 Å². The fraction of sp³-hybridized carbons (Fsp3) is 0.538. The van der Waals surface area contributed by atoms with Crippen molar-refractivity contribution >= 4 is 0 Å². The van der Waals surface area contributed by atoms with E-state index >= 15 is 0 Å². The van der Waals surface area contributed by atoms with Crippen molar-refractivity contribution in [2.24, 2.45) is 0 Å². The molecule has 1 nitrogen and oxygen atoms in total. The smallest absolute Gasteiger partial charge is 0.0682 e. The van der Waals surface area contributed by atoms with E-state index in [1.165, 1.54) is 16.7 Å². The van der Waals surface area contributed by atoms with Gasteiger partial charge in [0, 0.05) is 0 Å². The van der Waals surface area contributed by atoms with Crippen molar-refractivity contribution in [1.82, 2.24) is 0 Å². The highest BCUT2D eigenvalue weighted by molar-refractivity contribution is 5.41. The van der Waals surface area contributed by atoms with Crippen molar-refractivity contribution in [1.29, 1.82) is 0 Å². The second-order valence-electron chi connectivity index (χ2n) is 5.01. The summed E-state index contributed by atoms with van der Waals surface area (Å²) in [5.41, 5.74) is 5.15. The van der Waals surface area contributed by atoms with E-state index in [1.807, 2.05) is 0 Å². The largest absolute Gasteiger partial charge is 0.392 e. The third-order valence-corrected chi connectivity index (χ3v) is 2.53. The Bertz CT molecular complexity index is 309. The molecule has 0 saturated carbocycles. The second-order valence-corrected chi connectivity index (χ2v) is 5.01. The highest BCUT2D eigenvalue weighted by Gasteiger charge is 2.18. The van der Waals surface area contributed by atoms with Crippen LogP contribution in [0.25, 0.3) is 0 Å². The summed E-state index contributed by atoms with van der Waals surface area (Å²) in [5.74, 6) is 0. The predicted molar refractivity (Wildman–Crippen MR) is 60.5 cm³/mol. The summed E-state index contributed by atoms with van der Waals surface area (Å²) in [6, 6.07) is 4.15. The lowest BCUT2D eigenvalue weighted by molar-refractivity contribution is 0.281. The first-order chi connectivity index (χ1) is 6.36. The van der Waals surface area contributed by atoms with Gasteiger partial charge in [0.25, 0.3) is 0 Å². The topological polar surface area (TPSA) is 20.2 Å². The van der Waals surface area contributed by atoms with Gasteiger partial charge in [-0.05, 0) is 41.5 Å². The van der Waals surface area contributed by atoms with Gasteiger partial charge < -0.3 is 5.11 Å². The SMILES string of the molecule is Cc1cc(CO)cc(C)c1C(C)(C)C. The number of hydrogen-bond acceptors (Lipinski definition) is 1. The lowest BCUT2D eigenvalue weighted by Crippen LogP contribution is -2.15. The molecule has 0 aliphatic carbocycles. The van der Waals surface area contributed by atoms with Gasteiger partial charge in [-0.1, -0.05) is 32.9 Å². The van der Waals surface area contributed by atoms with Crippen LogP contribution in [0, 0.1) is 13.8 Å². The van der Waals surface area contributed by atoms with Crippen LogP contribution in [0.4, 0.5) is 0 Å². The molecule has 0 fully saturated rings. The normalized spacial score (nSPS) is 11.9. The fourth-order valence-corrected chi connectivity index (χ4v) is 2.33. The number of aryl methyl sites for hydroxylation is 2. The molecule has 0 radical (unpaired) electrons. The van der Waals surface area contributed by atoms with Gasteiger partial charge in [0.2, 0.25) is 0 Å². The van der Waals surface area contributed by atoms with E-state index in [0.717, 1.165) is 5.56 Å². The summed E-state index contributed by atoms with van der Waals surface area (Å²) in [7, 11) is 0. The first-order valence-electron chi connectivity index (χ1n) is 5.07. The van der Waals surface area contributed by atoms with Crippen LogP contribution in [0.2, 0.25) is 0 Å². The Labute approximate surface area is 86.8 Å². The number of aliphatic hydroxyl groups excluding tert-OH is 1. The zero-order valence-corrected chi connectivity index (χ0v) is 9.81. The molecular weight excluding hydrogens is 172 g/mol. The molecule has 78 valence electrons. The number of benzene rings is 1. The maximum Gasteiger partial charge on any atom is 0.0682 e. The first kappa shape index (κ1) is 11.3. The minimum absolute atomic E-state index is 0.131. The molecule has 0 unspecified atom stereocenters. The van der Waals surface area contributed by atoms with E-state index in [2.05, 4.69) is 46.8 Å². The van der Waals surface area contributed by atoms with Gasteiger partial charge in [-0.15, -0.1) is 0 Å². The second kappa shape index (κ2) is 3.74. The first-order valence-corrected chi connectivity index (χ1v) is 5.07. The van der Waals surface area contributed by atoms with E-state index in [-0.39, 0.29) is 12.0 Å². The van der Waals surface area contributed by atoms with Crippen LogP contribution >= 0.6 is 0 Å². The highest BCUT2D eigenvalue weighted by Crippen LogP contribution is 2.29. The van der Waals surface area contributed by atoms with Crippen molar-refractivity contribution in [2.75, 3.05) is 0 Å². The van der Waals surface area contributed by atoms with Crippen molar-refractivity contribution in [3.05, 3.63) is 34.4 Å². The number of hydrogen-bond donors (Lipinski definition) is 1. The summed E-state index contributed by atoms with van der Waals surface area (Å²) >= 11 is 0. The molecule has 14 heavy (non-hydrogen) atoms. The number of aliphatic hydroxyl groups is 1. The molecule has 0 aliphatic heterocycles. The minimum Gasteiger partial charge on any atom is -0.392 e. The van der Waals surface area contributed by atoms with Crippen LogP contribution in [-0.2, 0) is 12.0 Å². The van der Waals surface area contributed by atoms with E-state index in [4.69, 9.17) is 5.11 Å². The van der Waals surface area contributed by atoms with Gasteiger partial charge in [-0.2, -0.15) is 0 Å². The van der Waals surface area contributed by atoms with Crippen molar-refractivity contribution in [3.8, 4) is 0 Å². The maximum absolute atomic E-state index is 9.08. The summed E-state index contributed by atoms with van der Waals surface area (Å²) in [4.78, 5) is 0. The molecule has 0 spiro atoms. The molecule has 1 aromatic carbocycles. The molecule has 1 N–H and O–H groups in total. The molecule has 0 amide bonds. The van der Waals surface area contributed by atoms with Gasteiger partial charge in [0.1, 0.15) is 0 Å². The van der Waals surface area contributed by atoms with E-state index in [9.17, 15) is 0 Å². The van der Waals surface area contributed by atoms with Crippen LogP contribution in [-0.4, -0.2) is 5.11 Å². The predicted octanol–water partition coefficient (Wildman–Crippen LogP) is 3.09. The lowest BCUT2D eigenvalue weighted by atomic mass is 9.80. The van der Waals surface area contributed by atoms with Crippen LogP contribution in [0.1, 0.15) is 43.0 Å². The van der Waals surface area contributed by atoms with Gasteiger partial charge in [0.15, 0.2) is 0 Å². The van der Waals surface area contributed by atoms with Gasteiger partial charge in [-0.25, -0.2) is 0 Å². The Kier molecular flexibility index (Phi) is 3.01. The van der Waals surface area contributed by atoms with Gasteiger partial charge in [-0.3, -0.25) is 0 Å². The Morgan fingerprint density at radius 3 is 1.79 bits per heavy atom. The van der Waals surface area contributed by atoms with Crippen LogP contribution in [0.5, 0.6) is 0 Å². The highest BCUT2D eigenvalue weighted by atomic mass is 16.3. The summed E-state index contributed by atoms with van der Waals surface area (Å²) in [6.45, 7) is 11.0. The van der Waals surface area contributed by atoms with Crippen LogP contribution in [0.15, 0.2) is 12.1 Å². The fourth-order valence-electron chi connectivity index (χ4n) is 2.33. The average molecular weight is 192 g/mol. The molecule has 0 saturated heterocycles. The standard InChI is InChI=1S/C13H20O/c1-9-6-11(8-14)7-10(2)12(9)13(3,4)5/h6-7,14H,8H2,1-5H3. The van der Waals surface area contributed by atoms with E-state index in [1.54, 1.807) is 0 Å². The Morgan fingerprint density at radius 2 is 1.50 bits per heavy atom. The molecule has 0 atom stereocenters. The average Bonchev–Trinajstić information content (AvgIpc) is 1.99. The summed E-state index contributed by atoms with van der Waals surface area (Å²) in [6.07, 6.45) is 0. The van der Waals surface area contributed by atoms with Crippen molar-refractivity contribution in [2.45, 2.75) is 46.6 Å². The summed E-state index contributed by atoms with van der Waals surface area (Å²) in [5, 5.41) is 9.08. The Morgan fingerprint density at radius 1 is 1.07 bits per heavy atom. The molecule has 0 aromatic heterocycles. The maximum atomic E-state index is 9.08. The Balaban J connectivity index is 3.33. The molecule has 1 rings (SSSR count). The van der Waals surface area contributed by atoms with Crippen molar-refractivity contribution in [3.63, 3.8) is 0 Å². The third-order valence-electron chi connectivity index (χ3n) is 2.53. The third kappa shape index (κ3) is 2.16. The molecule has 0 heterocycles. The van der Waals surface area contributed by atoms with Crippen molar-refractivity contribution < 1.29 is 5.11 Å². The molecule has 1 aromatic rings. The zero-order valence-electron chi connectivity index (χ0n) is 9.81. The Hall–Kier alpha value is -0.820.